The molecule has 1 aromatic heterocycles. The molecule has 0 spiro atoms. The van der Waals surface area contributed by atoms with Gasteiger partial charge in [-0.25, -0.2) is 0 Å². The van der Waals surface area contributed by atoms with Gasteiger partial charge in [0.05, 0.1) is 5.56 Å². The van der Waals surface area contributed by atoms with Crippen molar-refractivity contribution in [1.29, 1.82) is 0 Å². The van der Waals surface area contributed by atoms with Crippen LogP contribution < -0.4 is 5.73 Å². The Morgan fingerprint density at radius 2 is 2.23 bits per heavy atom. The zero-order valence-electron chi connectivity index (χ0n) is 7.20. The first kappa shape index (κ1) is 7.86. The van der Waals surface area contributed by atoms with Gasteiger partial charge in [0.15, 0.2) is 0 Å². The van der Waals surface area contributed by atoms with Gasteiger partial charge >= 0.3 is 0 Å². The average Bonchev–Trinajstić information content (AvgIpc) is 2.46. The number of fused-ring (bicyclic) bond motifs is 1. The molecule has 0 aliphatic heterocycles. The van der Waals surface area contributed by atoms with Gasteiger partial charge in [-0.3, -0.25) is 4.79 Å². The maximum Gasteiger partial charge on any atom is 0.252 e. The van der Waals surface area contributed by atoms with Gasteiger partial charge in [-0.2, -0.15) is 0 Å². The van der Waals surface area contributed by atoms with Crippen LogP contribution in [0, 0.1) is 6.92 Å². The Hall–Kier alpha value is -1.77. The van der Waals surface area contributed by atoms with Gasteiger partial charge in [0.1, 0.15) is 11.8 Å². The third kappa shape index (κ3) is 1.18. The SMILES string of the molecule is Cc1ccc2occ(C(N)=O)c2c1. The van der Waals surface area contributed by atoms with Crippen molar-refractivity contribution in [3.05, 3.63) is 35.6 Å². The van der Waals surface area contributed by atoms with Crippen LogP contribution in [0.25, 0.3) is 11.0 Å². The number of furan rings is 1. The van der Waals surface area contributed by atoms with Crippen LogP contribution in [0.4, 0.5) is 0 Å². The van der Waals surface area contributed by atoms with Crippen LogP contribution in [-0.2, 0) is 0 Å². The second kappa shape index (κ2) is 2.62. The molecule has 0 atom stereocenters. The predicted molar refractivity (Wildman–Crippen MR) is 49.5 cm³/mol. The molecular weight excluding hydrogens is 166 g/mol. The van der Waals surface area contributed by atoms with E-state index in [2.05, 4.69) is 0 Å². The van der Waals surface area contributed by atoms with Crippen molar-refractivity contribution in [3.8, 4) is 0 Å². The van der Waals surface area contributed by atoms with Gasteiger partial charge < -0.3 is 10.2 Å². The molecule has 1 aromatic carbocycles. The Morgan fingerprint density at radius 3 is 2.92 bits per heavy atom. The summed E-state index contributed by atoms with van der Waals surface area (Å²) in [5.41, 5.74) is 7.39. The van der Waals surface area contributed by atoms with Crippen molar-refractivity contribution in [1.82, 2.24) is 0 Å². The summed E-state index contributed by atoms with van der Waals surface area (Å²) in [6.45, 7) is 1.96. The maximum atomic E-state index is 10.9. The quantitative estimate of drug-likeness (QED) is 0.718. The summed E-state index contributed by atoms with van der Waals surface area (Å²) in [6.07, 6.45) is 1.40. The van der Waals surface area contributed by atoms with Crippen molar-refractivity contribution in [2.45, 2.75) is 6.92 Å². The van der Waals surface area contributed by atoms with Gasteiger partial charge in [0, 0.05) is 5.39 Å². The van der Waals surface area contributed by atoms with Gasteiger partial charge in [0.25, 0.3) is 5.91 Å². The van der Waals surface area contributed by atoms with Gasteiger partial charge in [0.2, 0.25) is 0 Å². The van der Waals surface area contributed by atoms with E-state index in [0.717, 1.165) is 10.9 Å². The van der Waals surface area contributed by atoms with Gasteiger partial charge in [-0.1, -0.05) is 11.6 Å². The summed E-state index contributed by atoms with van der Waals surface area (Å²) in [4.78, 5) is 10.9. The minimum Gasteiger partial charge on any atom is -0.463 e. The number of carbonyl (C=O) groups excluding carboxylic acids is 1. The second-order valence-electron chi connectivity index (χ2n) is 3.01. The number of rotatable bonds is 1. The van der Waals surface area contributed by atoms with Gasteiger partial charge in [-0.15, -0.1) is 0 Å². The summed E-state index contributed by atoms with van der Waals surface area (Å²) in [6, 6.07) is 5.65. The minimum absolute atomic E-state index is 0.443. The topological polar surface area (TPSA) is 56.2 Å². The first-order valence-corrected chi connectivity index (χ1v) is 3.96. The van der Waals surface area contributed by atoms with Gasteiger partial charge in [-0.05, 0) is 19.1 Å². The highest BCUT2D eigenvalue weighted by molar-refractivity contribution is 6.05. The first-order chi connectivity index (χ1) is 6.18. The highest BCUT2D eigenvalue weighted by atomic mass is 16.3. The monoisotopic (exact) mass is 175 g/mol. The lowest BCUT2D eigenvalue weighted by atomic mass is 10.1. The molecule has 66 valence electrons. The van der Waals surface area contributed by atoms with E-state index < -0.39 is 5.91 Å². The molecule has 13 heavy (non-hydrogen) atoms. The van der Waals surface area contributed by atoms with E-state index in [4.69, 9.17) is 10.2 Å². The number of primary amides is 1. The van der Waals surface area contributed by atoms with Crippen LogP contribution >= 0.6 is 0 Å². The lowest BCUT2D eigenvalue weighted by Gasteiger charge is -1.93. The summed E-state index contributed by atoms with van der Waals surface area (Å²) in [7, 11) is 0. The molecule has 0 saturated carbocycles. The molecule has 2 aromatic rings. The molecule has 3 nitrogen and oxygen atoms in total. The number of aryl methyl sites for hydroxylation is 1. The zero-order valence-corrected chi connectivity index (χ0v) is 7.20. The smallest absolute Gasteiger partial charge is 0.252 e. The van der Waals surface area contributed by atoms with Crippen LogP contribution in [0.15, 0.2) is 28.9 Å². The average molecular weight is 175 g/mol. The molecule has 0 saturated heterocycles. The molecule has 2 N–H and O–H groups in total. The second-order valence-corrected chi connectivity index (χ2v) is 3.01. The van der Waals surface area contributed by atoms with Crippen LogP contribution in [0.5, 0.6) is 0 Å². The first-order valence-electron chi connectivity index (χ1n) is 3.96. The zero-order chi connectivity index (χ0) is 9.42. The molecule has 2 rings (SSSR count). The van der Waals surface area contributed by atoms with Crippen LogP contribution in [0.2, 0.25) is 0 Å². The number of hydrogen-bond acceptors (Lipinski definition) is 2. The van der Waals surface area contributed by atoms with E-state index in [0.29, 0.717) is 11.1 Å². The third-order valence-electron chi connectivity index (χ3n) is 1.99. The van der Waals surface area contributed by atoms with E-state index in [9.17, 15) is 4.79 Å². The molecule has 1 amide bonds. The van der Waals surface area contributed by atoms with Crippen molar-refractivity contribution in [2.75, 3.05) is 0 Å². The van der Waals surface area contributed by atoms with Crippen molar-refractivity contribution in [3.63, 3.8) is 0 Å². The van der Waals surface area contributed by atoms with E-state index in [-0.39, 0.29) is 0 Å². The lowest BCUT2D eigenvalue weighted by molar-refractivity contribution is 0.100. The highest BCUT2D eigenvalue weighted by Crippen LogP contribution is 2.21. The van der Waals surface area contributed by atoms with Crippen LogP contribution in [0.1, 0.15) is 15.9 Å². The number of nitrogens with two attached hydrogens (primary N) is 1. The van der Waals surface area contributed by atoms with Crippen LogP contribution in [0.3, 0.4) is 0 Å². The minimum atomic E-state index is -0.454. The fraction of sp³-hybridized carbons (Fsp3) is 0.100. The molecular formula is C10H9NO2. The molecule has 0 bridgehead atoms. The Balaban J connectivity index is 2.79. The fourth-order valence-corrected chi connectivity index (χ4v) is 1.33. The van der Waals surface area contributed by atoms with Crippen molar-refractivity contribution >= 4 is 16.9 Å². The lowest BCUT2D eigenvalue weighted by Crippen LogP contribution is -2.09. The normalized spacial score (nSPS) is 10.5. The number of carbonyl (C=O) groups is 1. The Bertz CT molecular complexity index is 471. The fourth-order valence-electron chi connectivity index (χ4n) is 1.33. The Labute approximate surface area is 75.1 Å². The summed E-state index contributed by atoms with van der Waals surface area (Å²) >= 11 is 0. The highest BCUT2D eigenvalue weighted by Gasteiger charge is 2.09. The summed E-state index contributed by atoms with van der Waals surface area (Å²) < 4.78 is 5.16. The van der Waals surface area contributed by atoms with E-state index in [1.54, 1.807) is 0 Å². The molecule has 3 heteroatoms. The van der Waals surface area contributed by atoms with Crippen molar-refractivity contribution < 1.29 is 9.21 Å². The molecule has 0 unspecified atom stereocenters. The van der Waals surface area contributed by atoms with Crippen LogP contribution in [-0.4, -0.2) is 5.91 Å². The molecule has 0 radical (unpaired) electrons. The molecule has 0 aliphatic carbocycles. The molecule has 1 heterocycles. The maximum absolute atomic E-state index is 10.9. The largest absolute Gasteiger partial charge is 0.463 e. The Kier molecular flexibility index (Phi) is 1.59. The third-order valence-corrected chi connectivity index (χ3v) is 1.99. The summed E-state index contributed by atoms with van der Waals surface area (Å²) in [5.74, 6) is -0.454. The number of benzene rings is 1. The van der Waals surface area contributed by atoms with E-state index in [1.807, 2.05) is 25.1 Å². The number of amides is 1. The number of hydrogen-bond donors (Lipinski definition) is 1. The van der Waals surface area contributed by atoms with E-state index in [1.165, 1.54) is 6.26 Å². The Morgan fingerprint density at radius 1 is 1.46 bits per heavy atom. The molecule has 0 fully saturated rings. The summed E-state index contributed by atoms with van der Waals surface area (Å²) in [5, 5.41) is 0.785. The predicted octanol–water partition coefficient (Wildman–Crippen LogP) is 1.84. The molecule has 0 aliphatic rings. The van der Waals surface area contributed by atoms with E-state index >= 15 is 0 Å². The van der Waals surface area contributed by atoms with Crippen molar-refractivity contribution in [2.24, 2.45) is 5.73 Å². The standard InChI is InChI=1S/C10H9NO2/c1-6-2-3-9-7(4-6)8(5-13-9)10(11)12/h2-5H,1H3,(H2,11,12).